The molecule has 3 nitrogen and oxygen atoms in total. The van der Waals surface area contributed by atoms with Gasteiger partial charge in [0.1, 0.15) is 5.65 Å². The van der Waals surface area contributed by atoms with Gasteiger partial charge in [0.15, 0.2) is 0 Å². The van der Waals surface area contributed by atoms with Crippen molar-refractivity contribution in [3.05, 3.63) is 78.2 Å². The molecule has 6 heteroatoms. The van der Waals surface area contributed by atoms with Crippen LogP contribution >= 0.6 is 39.1 Å². The van der Waals surface area contributed by atoms with Gasteiger partial charge in [0.2, 0.25) is 0 Å². The third kappa shape index (κ3) is 2.69. The average Bonchev–Trinajstić information content (AvgIpc) is 2.94. The Morgan fingerprint density at radius 2 is 2.00 bits per heavy atom. The molecule has 0 N–H and O–H groups in total. The first-order valence-corrected chi connectivity index (χ1v) is 8.94. The van der Waals surface area contributed by atoms with E-state index >= 15 is 0 Å². The molecule has 1 aliphatic rings. The first-order valence-electron chi connectivity index (χ1n) is 7.40. The van der Waals surface area contributed by atoms with Gasteiger partial charge < -0.3 is 0 Å². The zero-order chi connectivity index (χ0) is 16.8. The molecule has 0 saturated carbocycles. The second-order valence-corrected chi connectivity index (χ2v) is 7.41. The lowest BCUT2D eigenvalue weighted by molar-refractivity contribution is 0.968. The topological polar surface area (TPSA) is 34.4 Å². The minimum Gasteiger partial charge on any atom is -0.269 e. The van der Waals surface area contributed by atoms with E-state index in [9.17, 15) is 4.79 Å². The summed E-state index contributed by atoms with van der Waals surface area (Å²) in [4.78, 5) is 17.4. The normalized spacial score (nSPS) is 15.2. The molecule has 4 rings (SSSR count). The number of allylic oxidation sites excluding steroid dienone is 1. The molecule has 3 aromatic rings. The van der Waals surface area contributed by atoms with E-state index in [1.54, 1.807) is 22.7 Å². The van der Waals surface area contributed by atoms with Crippen LogP contribution in [0.15, 0.2) is 45.8 Å². The second-order valence-electron chi connectivity index (χ2n) is 5.66. The third-order valence-electron chi connectivity index (χ3n) is 4.12. The summed E-state index contributed by atoms with van der Waals surface area (Å²) in [5.74, 6) is 0. The van der Waals surface area contributed by atoms with E-state index in [1.165, 1.54) is 0 Å². The SMILES string of the molecule is O=c1c2c(nc3ccc(Br)cn13)C(=Cc1ccc(Cl)cc1Cl)CC2. The molecule has 0 spiro atoms. The average molecular weight is 422 g/mol. The molecule has 1 aromatic carbocycles. The van der Waals surface area contributed by atoms with Gasteiger partial charge in [-0.2, -0.15) is 0 Å². The molecule has 2 aromatic heterocycles. The summed E-state index contributed by atoms with van der Waals surface area (Å²) >= 11 is 15.6. The predicted octanol–water partition coefficient (Wildman–Crippen LogP) is 5.25. The van der Waals surface area contributed by atoms with Gasteiger partial charge in [-0.3, -0.25) is 9.20 Å². The molecule has 0 saturated heterocycles. The number of halogens is 3. The lowest BCUT2D eigenvalue weighted by Gasteiger charge is -2.06. The van der Waals surface area contributed by atoms with Crippen molar-refractivity contribution in [3.8, 4) is 0 Å². The van der Waals surface area contributed by atoms with Gasteiger partial charge in [-0.15, -0.1) is 0 Å². The monoisotopic (exact) mass is 420 g/mol. The van der Waals surface area contributed by atoms with Crippen molar-refractivity contribution in [1.82, 2.24) is 9.38 Å². The molecule has 2 heterocycles. The Hall–Kier alpha value is -1.62. The van der Waals surface area contributed by atoms with Gasteiger partial charge in [0, 0.05) is 26.3 Å². The molecule has 0 fully saturated rings. The van der Waals surface area contributed by atoms with Crippen LogP contribution in [0.3, 0.4) is 0 Å². The molecule has 1 aliphatic carbocycles. The van der Waals surface area contributed by atoms with Crippen molar-refractivity contribution < 1.29 is 0 Å². The first kappa shape index (κ1) is 15.9. The van der Waals surface area contributed by atoms with Crippen LogP contribution in [0, 0.1) is 0 Å². The molecule has 120 valence electrons. The van der Waals surface area contributed by atoms with E-state index in [0.29, 0.717) is 22.1 Å². The van der Waals surface area contributed by atoms with Crippen molar-refractivity contribution in [2.24, 2.45) is 0 Å². The maximum absolute atomic E-state index is 12.7. The van der Waals surface area contributed by atoms with Gasteiger partial charge in [-0.05, 0) is 70.2 Å². The van der Waals surface area contributed by atoms with Gasteiger partial charge in [-0.25, -0.2) is 4.98 Å². The summed E-state index contributed by atoms with van der Waals surface area (Å²) in [6.07, 6.45) is 5.21. The van der Waals surface area contributed by atoms with Crippen molar-refractivity contribution in [3.63, 3.8) is 0 Å². The lowest BCUT2D eigenvalue weighted by Crippen LogP contribution is -2.19. The molecular weight excluding hydrogens is 411 g/mol. The van der Waals surface area contributed by atoms with Crippen LogP contribution in [0.1, 0.15) is 23.2 Å². The van der Waals surface area contributed by atoms with Gasteiger partial charge in [0.25, 0.3) is 5.56 Å². The number of fused-ring (bicyclic) bond motifs is 2. The van der Waals surface area contributed by atoms with E-state index in [4.69, 9.17) is 23.2 Å². The standard InChI is InChI=1S/C18H11BrCl2N2O/c19-12-3-6-16-22-17-11(2-5-14(17)18(24)23(16)9-12)7-10-1-4-13(20)8-15(10)21/h1,3-4,6-9H,2,5H2. The van der Waals surface area contributed by atoms with Crippen molar-refractivity contribution in [1.29, 1.82) is 0 Å². The van der Waals surface area contributed by atoms with Crippen LogP contribution in [0.5, 0.6) is 0 Å². The minimum absolute atomic E-state index is 0.0121. The highest BCUT2D eigenvalue weighted by Crippen LogP contribution is 2.33. The highest BCUT2D eigenvalue weighted by Gasteiger charge is 2.23. The Morgan fingerprint density at radius 1 is 1.17 bits per heavy atom. The Balaban J connectivity index is 1.90. The van der Waals surface area contributed by atoms with E-state index in [1.807, 2.05) is 24.3 Å². The maximum atomic E-state index is 12.7. The highest BCUT2D eigenvalue weighted by atomic mass is 79.9. The summed E-state index contributed by atoms with van der Waals surface area (Å²) in [5, 5.41) is 1.19. The largest absolute Gasteiger partial charge is 0.269 e. The minimum atomic E-state index is -0.0121. The van der Waals surface area contributed by atoms with Gasteiger partial charge in [0.05, 0.1) is 5.69 Å². The van der Waals surface area contributed by atoms with Crippen molar-refractivity contribution in [2.45, 2.75) is 12.8 Å². The number of nitrogens with zero attached hydrogens (tertiary/aromatic N) is 2. The summed E-state index contributed by atoms with van der Waals surface area (Å²) in [7, 11) is 0. The van der Waals surface area contributed by atoms with Crippen LogP contribution in [-0.2, 0) is 6.42 Å². The lowest BCUT2D eigenvalue weighted by atomic mass is 10.1. The summed E-state index contributed by atoms with van der Waals surface area (Å²) < 4.78 is 2.43. The Labute approximate surface area is 156 Å². The van der Waals surface area contributed by atoms with Crippen LogP contribution in [-0.4, -0.2) is 9.38 Å². The summed E-state index contributed by atoms with van der Waals surface area (Å²) in [6.45, 7) is 0. The molecule has 0 amide bonds. The molecule has 0 aliphatic heterocycles. The fourth-order valence-electron chi connectivity index (χ4n) is 2.97. The van der Waals surface area contributed by atoms with E-state index < -0.39 is 0 Å². The number of hydrogen-bond acceptors (Lipinski definition) is 2. The number of hydrogen-bond donors (Lipinski definition) is 0. The van der Waals surface area contributed by atoms with Crippen LogP contribution < -0.4 is 5.56 Å². The van der Waals surface area contributed by atoms with E-state index in [0.717, 1.165) is 33.3 Å². The summed E-state index contributed by atoms with van der Waals surface area (Å²) in [6, 6.07) is 9.10. The quantitative estimate of drug-likeness (QED) is 0.537. The van der Waals surface area contributed by atoms with E-state index in [-0.39, 0.29) is 5.56 Å². The molecule has 0 unspecified atom stereocenters. The predicted molar refractivity (Wildman–Crippen MR) is 102 cm³/mol. The van der Waals surface area contributed by atoms with Crippen molar-refractivity contribution in [2.75, 3.05) is 0 Å². The van der Waals surface area contributed by atoms with Crippen molar-refractivity contribution >= 4 is 56.4 Å². The summed E-state index contributed by atoms with van der Waals surface area (Å²) in [5.41, 5.74) is 4.05. The van der Waals surface area contributed by atoms with Gasteiger partial charge >= 0.3 is 0 Å². The number of rotatable bonds is 1. The molecule has 0 bridgehead atoms. The fraction of sp³-hybridized carbons (Fsp3) is 0.111. The number of pyridine rings is 1. The Morgan fingerprint density at radius 3 is 2.79 bits per heavy atom. The number of benzene rings is 1. The molecule has 0 radical (unpaired) electrons. The number of aromatic nitrogens is 2. The Bertz CT molecular complexity index is 1070. The fourth-order valence-corrected chi connectivity index (χ4v) is 3.77. The smallest absolute Gasteiger partial charge is 0.261 e. The van der Waals surface area contributed by atoms with Crippen LogP contribution in [0.2, 0.25) is 10.0 Å². The van der Waals surface area contributed by atoms with E-state index in [2.05, 4.69) is 20.9 Å². The molecule has 0 atom stereocenters. The first-order chi connectivity index (χ1) is 11.5. The molecule has 24 heavy (non-hydrogen) atoms. The zero-order valence-corrected chi connectivity index (χ0v) is 15.5. The Kier molecular flexibility index (Phi) is 3.99. The maximum Gasteiger partial charge on any atom is 0.261 e. The van der Waals surface area contributed by atoms with Crippen LogP contribution in [0.4, 0.5) is 0 Å². The van der Waals surface area contributed by atoms with Crippen LogP contribution in [0.25, 0.3) is 17.3 Å². The zero-order valence-electron chi connectivity index (χ0n) is 12.4. The molecular formula is C18H11BrCl2N2O. The second kappa shape index (κ2) is 6.03. The van der Waals surface area contributed by atoms with Gasteiger partial charge in [-0.1, -0.05) is 29.3 Å². The highest BCUT2D eigenvalue weighted by molar-refractivity contribution is 9.10. The third-order valence-corrected chi connectivity index (χ3v) is 5.15.